The Labute approximate surface area is 160 Å². The zero-order valence-electron chi connectivity index (χ0n) is 14.1. The average Bonchev–Trinajstić information content (AvgIpc) is 2.90. The van der Waals surface area contributed by atoms with Gasteiger partial charge in [-0.15, -0.1) is 0 Å². The molecule has 0 aliphatic heterocycles. The van der Waals surface area contributed by atoms with Crippen molar-refractivity contribution < 1.29 is 51.5 Å². The molecule has 2 aromatic heterocycles. The highest BCUT2D eigenvalue weighted by Crippen LogP contribution is 2.66. The lowest BCUT2D eigenvalue weighted by Gasteiger charge is -2.17. The van der Waals surface area contributed by atoms with Gasteiger partial charge in [0.25, 0.3) is 5.56 Å². The Kier molecular flexibility index (Phi) is 7.15. The van der Waals surface area contributed by atoms with Gasteiger partial charge in [0, 0.05) is 6.54 Å². The number of nitrogen functional groups attached to an aromatic ring is 1. The lowest BCUT2D eigenvalue weighted by molar-refractivity contribution is 0.0750. The number of phosphoric acid groups is 3. The molecule has 8 N–H and O–H groups in total. The number of nitrogens with zero attached hydrogens (tertiary/aromatic N) is 3. The van der Waals surface area contributed by atoms with Gasteiger partial charge in [0.1, 0.15) is 0 Å². The second kappa shape index (κ2) is 8.71. The van der Waals surface area contributed by atoms with Gasteiger partial charge in [-0.2, -0.15) is 13.6 Å². The van der Waals surface area contributed by atoms with Crippen molar-refractivity contribution in [3.63, 3.8) is 0 Å². The van der Waals surface area contributed by atoms with Gasteiger partial charge in [0.15, 0.2) is 11.2 Å². The van der Waals surface area contributed by atoms with E-state index in [2.05, 4.69) is 28.1 Å². The number of hydrogen-bond acceptors (Lipinski definition) is 11. The zero-order chi connectivity index (χ0) is 22.0. The number of rotatable bonds is 10. The third kappa shape index (κ3) is 7.37. The number of aromatic nitrogens is 4. The predicted octanol–water partition coefficient (Wildman–Crippen LogP) is -1.20. The number of nitrogens with two attached hydrogens (primary N) is 1. The first-order valence-electron chi connectivity index (χ1n) is 7.34. The van der Waals surface area contributed by atoms with Crippen LogP contribution < -0.4 is 11.3 Å². The van der Waals surface area contributed by atoms with E-state index in [0.29, 0.717) is 0 Å². The number of aliphatic hydroxyl groups is 1. The van der Waals surface area contributed by atoms with E-state index in [1.54, 1.807) is 0 Å². The number of aromatic amines is 1. The molecule has 0 bridgehead atoms. The molecule has 0 saturated heterocycles. The molecule has 164 valence electrons. The van der Waals surface area contributed by atoms with E-state index in [9.17, 15) is 28.5 Å². The van der Waals surface area contributed by atoms with E-state index in [1.165, 1.54) is 10.9 Å². The Bertz CT molecular complexity index is 1080. The van der Waals surface area contributed by atoms with Crippen molar-refractivity contribution in [2.75, 3.05) is 12.3 Å². The molecule has 2 unspecified atom stereocenters. The molecular weight excluding hydrogens is 463 g/mol. The van der Waals surface area contributed by atoms with Crippen LogP contribution >= 0.6 is 23.5 Å². The molecule has 29 heavy (non-hydrogen) atoms. The fourth-order valence-electron chi connectivity index (χ4n) is 1.99. The van der Waals surface area contributed by atoms with Crippen LogP contribution in [0.5, 0.6) is 0 Å². The molecule has 0 radical (unpaired) electrons. The van der Waals surface area contributed by atoms with E-state index in [4.69, 9.17) is 20.4 Å². The van der Waals surface area contributed by atoms with Crippen LogP contribution in [-0.4, -0.2) is 56.9 Å². The van der Waals surface area contributed by atoms with Gasteiger partial charge in [-0.3, -0.25) is 14.3 Å². The molecule has 3 atom stereocenters. The molecule has 0 spiro atoms. The van der Waals surface area contributed by atoms with Crippen LogP contribution in [0.2, 0.25) is 0 Å². The summed E-state index contributed by atoms with van der Waals surface area (Å²) in [6, 6.07) is 0. The Morgan fingerprint density at radius 1 is 1.17 bits per heavy atom. The fourth-order valence-corrected chi connectivity index (χ4v) is 5.04. The quantitative estimate of drug-likeness (QED) is 0.197. The number of hydrogen-bond donors (Lipinski definition) is 7. The molecule has 2 rings (SSSR count). The SMILES string of the molecule is Nc1nc2c(ncn2CC[C@H](O)COP(=O)(O)OP(=O)(O)OP(=O)(O)O)c(=O)[nH]1. The van der Waals surface area contributed by atoms with Crippen LogP contribution in [0, 0.1) is 0 Å². The molecule has 0 aliphatic carbocycles. The maximum atomic E-state index is 11.7. The second-order valence-electron chi connectivity index (χ2n) is 5.39. The molecule has 0 fully saturated rings. The zero-order valence-corrected chi connectivity index (χ0v) is 16.8. The molecule has 2 heterocycles. The van der Waals surface area contributed by atoms with E-state index >= 15 is 0 Å². The highest BCUT2D eigenvalue weighted by Gasteiger charge is 2.40. The van der Waals surface area contributed by atoms with Crippen molar-refractivity contribution in [3.05, 3.63) is 16.7 Å². The van der Waals surface area contributed by atoms with Gasteiger partial charge in [0.05, 0.1) is 19.0 Å². The predicted molar refractivity (Wildman–Crippen MR) is 93.0 cm³/mol. The molecule has 0 amide bonds. The van der Waals surface area contributed by atoms with Gasteiger partial charge in [-0.1, -0.05) is 0 Å². The molecule has 2 aromatic rings. The summed E-state index contributed by atoms with van der Waals surface area (Å²) >= 11 is 0. The third-order valence-corrected chi connectivity index (χ3v) is 6.84. The number of H-pyrrole nitrogens is 1. The topological polar surface area (TPSA) is 270 Å². The van der Waals surface area contributed by atoms with E-state index in [0.717, 1.165) is 0 Å². The van der Waals surface area contributed by atoms with Crippen LogP contribution in [0.4, 0.5) is 5.95 Å². The van der Waals surface area contributed by atoms with Gasteiger partial charge in [-0.05, 0) is 6.42 Å². The minimum Gasteiger partial charge on any atom is -0.391 e. The monoisotopic (exact) mass is 479 g/mol. The normalized spacial score (nSPS) is 17.7. The number of phosphoric ester groups is 1. The lowest BCUT2D eigenvalue weighted by Crippen LogP contribution is -2.18. The minimum absolute atomic E-state index is 0.00181. The van der Waals surface area contributed by atoms with Crippen LogP contribution in [0.25, 0.3) is 11.2 Å². The number of aryl methyl sites for hydroxylation is 1. The Morgan fingerprint density at radius 3 is 2.45 bits per heavy atom. The summed E-state index contributed by atoms with van der Waals surface area (Å²) in [5.41, 5.74) is 5.00. The van der Waals surface area contributed by atoms with Crippen molar-refractivity contribution >= 4 is 40.6 Å². The van der Waals surface area contributed by atoms with Crippen molar-refractivity contribution in [2.45, 2.75) is 19.1 Å². The highest BCUT2D eigenvalue weighted by atomic mass is 31.3. The number of aliphatic hydroxyl groups excluding tert-OH is 1. The van der Waals surface area contributed by atoms with E-state index < -0.39 is 41.7 Å². The Hall–Kier alpha value is -1.48. The van der Waals surface area contributed by atoms with Gasteiger partial charge in [-0.25, -0.2) is 18.7 Å². The second-order valence-corrected chi connectivity index (χ2v) is 9.81. The van der Waals surface area contributed by atoms with Gasteiger partial charge >= 0.3 is 23.5 Å². The maximum Gasteiger partial charge on any atom is 0.490 e. The fraction of sp³-hybridized carbons (Fsp3) is 0.444. The number of fused-ring (bicyclic) bond motifs is 1. The summed E-state index contributed by atoms with van der Waals surface area (Å²) < 4.78 is 46.0. The number of nitrogens with one attached hydrogen (secondary N) is 1. The molecule has 20 heteroatoms. The van der Waals surface area contributed by atoms with Gasteiger partial charge in [0.2, 0.25) is 5.95 Å². The smallest absolute Gasteiger partial charge is 0.391 e. The van der Waals surface area contributed by atoms with E-state index in [-0.39, 0.29) is 30.1 Å². The van der Waals surface area contributed by atoms with Crippen molar-refractivity contribution in [3.8, 4) is 0 Å². The first-order valence-corrected chi connectivity index (χ1v) is 11.9. The molecule has 17 nitrogen and oxygen atoms in total. The number of imidazole rings is 1. The van der Waals surface area contributed by atoms with Crippen LogP contribution in [-0.2, 0) is 33.4 Å². The maximum absolute atomic E-state index is 11.7. The minimum atomic E-state index is -5.64. The highest BCUT2D eigenvalue weighted by molar-refractivity contribution is 7.66. The third-order valence-electron chi connectivity index (χ3n) is 3.04. The largest absolute Gasteiger partial charge is 0.490 e. The number of anilines is 1. The molecule has 0 aromatic carbocycles. The first-order chi connectivity index (χ1) is 13.2. The molecule has 0 aliphatic rings. The Balaban J connectivity index is 1.92. The summed E-state index contributed by atoms with van der Waals surface area (Å²) in [4.78, 5) is 56.8. The van der Waals surface area contributed by atoms with Gasteiger partial charge < -0.3 is 35.0 Å². The van der Waals surface area contributed by atoms with Crippen LogP contribution in [0.15, 0.2) is 11.1 Å². The average molecular weight is 479 g/mol. The summed E-state index contributed by atoms with van der Waals surface area (Å²) in [5, 5.41) is 9.83. The molecule has 0 saturated carbocycles. The lowest BCUT2D eigenvalue weighted by atomic mass is 10.3. The van der Waals surface area contributed by atoms with Crippen molar-refractivity contribution in [2.24, 2.45) is 0 Å². The van der Waals surface area contributed by atoms with Crippen molar-refractivity contribution in [1.82, 2.24) is 19.5 Å². The van der Waals surface area contributed by atoms with Crippen LogP contribution in [0.3, 0.4) is 0 Å². The summed E-state index contributed by atoms with van der Waals surface area (Å²) in [7, 11) is -16.5. The summed E-state index contributed by atoms with van der Waals surface area (Å²) in [5.74, 6) is -0.155. The first kappa shape index (κ1) is 23.8. The summed E-state index contributed by atoms with van der Waals surface area (Å²) in [6.45, 7) is -0.847. The van der Waals surface area contributed by atoms with Crippen LogP contribution in [0.1, 0.15) is 6.42 Å². The summed E-state index contributed by atoms with van der Waals surface area (Å²) in [6.07, 6.45) is -0.270. The molecular formula is C9H16N5O12P3. The Morgan fingerprint density at radius 2 is 1.83 bits per heavy atom. The van der Waals surface area contributed by atoms with Crippen molar-refractivity contribution in [1.29, 1.82) is 0 Å². The van der Waals surface area contributed by atoms with E-state index in [1.807, 2.05) is 0 Å². The standard InChI is InChI=1S/C9H16N5O12P3/c10-9-12-7-6(8(16)13-9)11-4-14(7)2-1-5(15)3-24-28(20,21)26-29(22,23)25-27(17,18)19/h4-5,15H,1-3H2,(H,20,21)(H,22,23)(H2,17,18,19)(H3,10,12,13,16)/t5-/m0/s1.